The topological polar surface area (TPSA) is 39.2 Å². The molecule has 0 aliphatic heterocycles. The molecule has 0 fully saturated rings. The molecule has 0 radical (unpaired) electrons. The molecule has 0 saturated carbocycles. The number of carbonyl (C=O) groups excluding carboxylic acids is 1. The van der Waals surface area contributed by atoms with Gasteiger partial charge in [0.1, 0.15) is 11.3 Å². The number of methoxy groups -OCH3 is 1. The average molecular weight is 290 g/mol. The van der Waals surface area contributed by atoms with Crippen LogP contribution in [0.25, 0.3) is 0 Å². The van der Waals surface area contributed by atoms with Gasteiger partial charge in [0.25, 0.3) is 6.43 Å². The highest BCUT2D eigenvalue weighted by Crippen LogP contribution is 2.36. The first-order valence-electron chi connectivity index (χ1n) is 4.32. The zero-order valence-corrected chi connectivity index (χ0v) is 9.44. The monoisotopic (exact) mass is 289 g/mol. The van der Waals surface area contributed by atoms with E-state index in [1.807, 2.05) is 0 Å². The zero-order valence-electron chi connectivity index (χ0n) is 8.69. The lowest BCUT2D eigenvalue weighted by Gasteiger charge is -2.13. The Bertz CT molecular complexity index is 475. The zero-order chi connectivity index (χ0) is 14.1. The fourth-order valence-corrected chi connectivity index (χ4v) is 1.42. The summed E-state index contributed by atoms with van der Waals surface area (Å²) in [6, 6.07) is 0.494. The third kappa shape index (κ3) is 2.87. The van der Waals surface area contributed by atoms with Crippen LogP contribution in [0.4, 0.5) is 22.0 Å². The van der Waals surface area contributed by atoms with Gasteiger partial charge < -0.3 is 4.74 Å². The first-order chi connectivity index (χ1) is 8.18. The summed E-state index contributed by atoms with van der Waals surface area (Å²) in [5.74, 6) is -1.40. The second-order valence-electron chi connectivity index (χ2n) is 3.04. The van der Waals surface area contributed by atoms with Crippen LogP contribution in [0.5, 0.6) is 0 Å². The number of rotatable bonds is 2. The second-order valence-corrected chi connectivity index (χ2v) is 3.45. The highest BCUT2D eigenvalue weighted by atomic mass is 35.5. The predicted octanol–water partition coefficient (Wildman–Crippen LogP) is 3.48. The van der Waals surface area contributed by atoms with Crippen molar-refractivity contribution in [1.29, 1.82) is 0 Å². The van der Waals surface area contributed by atoms with Crippen molar-refractivity contribution in [2.45, 2.75) is 12.6 Å². The summed E-state index contributed by atoms with van der Waals surface area (Å²) in [4.78, 5) is 13.9. The van der Waals surface area contributed by atoms with Crippen molar-refractivity contribution in [3.8, 4) is 0 Å². The number of hydrogen-bond donors (Lipinski definition) is 0. The molecule has 0 aliphatic carbocycles. The van der Waals surface area contributed by atoms with E-state index < -0.39 is 40.5 Å². The molecule has 0 atom stereocenters. The summed E-state index contributed by atoms with van der Waals surface area (Å²) in [7, 11) is 0.833. The lowest BCUT2D eigenvalue weighted by molar-refractivity contribution is -0.142. The van der Waals surface area contributed by atoms with E-state index in [1.165, 1.54) is 0 Å². The van der Waals surface area contributed by atoms with Gasteiger partial charge in [-0.1, -0.05) is 11.6 Å². The summed E-state index contributed by atoms with van der Waals surface area (Å²) in [6.45, 7) is 0. The standard InChI is InChI=1S/C9H5ClF5NO2/c1-18-8(17)5-3(10)2-4(7(11)12)16-6(5)9(13,14)15/h2,7H,1H3. The smallest absolute Gasteiger partial charge is 0.434 e. The molecule has 0 N–H and O–H groups in total. The Morgan fingerprint density at radius 2 is 2.00 bits per heavy atom. The van der Waals surface area contributed by atoms with Crippen LogP contribution in [0.3, 0.4) is 0 Å². The van der Waals surface area contributed by atoms with Crippen LogP contribution >= 0.6 is 11.6 Å². The van der Waals surface area contributed by atoms with Crippen LogP contribution in [-0.2, 0) is 10.9 Å². The molecule has 9 heteroatoms. The number of carbonyl (C=O) groups is 1. The molecule has 1 aromatic rings. The fraction of sp³-hybridized carbons (Fsp3) is 0.333. The number of alkyl halides is 5. The molecule has 0 bridgehead atoms. The Morgan fingerprint density at radius 1 is 1.44 bits per heavy atom. The summed E-state index contributed by atoms with van der Waals surface area (Å²) in [5, 5.41) is -0.792. The van der Waals surface area contributed by atoms with Gasteiger partial charge in [0.05, 0.1) is 12.1 Å². The predicted molar refractivity (Wildman–Crippen MR) is 50.5 cm³/mol. The maximum Gasteiger partial charge on any atom is 0.434 e. The maximum atomic E-state index is 12.6. The van der Waals surface area contributed by atoms with Crippen LogP contribution in [0.1, 0.15) is 28.2 Å². The Labute approximate surface area is 103 Å². The van der Waals surface area contributed by atoms with Crippen molar-refractivity contribution in [1.82, 2.24) is 4.98 Å². The minimum atomic E-state index is -5.10. The highest BCUT2D eigenvalue weighted by Gasteiger charge is 2.40. The van der Waals surface area contributed by atoms with E-state index in [2.05, 4.69) is 9.72 Å². The van der Waals surface area contributed by atoms with Gasteiger partial charge in [-0.2, -0.15) is 13.2 Å². The third-order valence-corrected chi connectivity index (χ3v) is 2.17. The van der Waals surface area contributed by atoms with Crippen molar-refractivity contribution >= 4 is 17.6 Å². The summed E-state index contributed by atoms with van der Waals surface area (Å²) in [6.07, 6.45) is -8.34. The number of esters is 1. The summed E-state index contributed by atoms with van der Waals surface area (Å²) in [5.41, 5.74) is -4.05. The number of hydrogen-bond acceptors (Lipinski definition) is 3. The van der Waals surface area contributed by atoms with Crippen molar-refractivity contribution in [2.75, 3.05) is 7.11 Å². The molecule has 18 heavy (non-hydrogen) atoms. The van der Waals surface area contributed by atoms with Gasteiger partial charge in [-0.05, 0) is 6.07 Å². The average Bonchev–Trinajstić information content (AvgIpc) is 2.25. The lowest BCUT2D eigenvalue weighted by Crippen LogP contribution is -2.18. The van der Waals surface area contributed by atoms with E-state index in [0.29, 0.717) is 6.07 Å². The Morgan fingerprint density at radius 3 is 2.39 bits per heavy atom. The first-order valence-corrected chi connectivity index (χ1v) is 4.70. The largest absolute Gasteiger partial charge is 0.465 e. The minimum Gasteiger partial charge on any atom is -0.465 e. The number of ether oxygens (including phenoxy) is 1. The molecule has 0 aliphatic rings. The van der Waals surface area contributed by atoms with Crippen molar-refractivity contribution in [3.63, 3.8) is 0 Å². The molecular weight excluding hydrogens is 285 g/mol. The van der Waals surface area contributed by atoms with E-state index in [0.717, 1.165) is 7.11 Å². The van der Waals surface area contributed by atoms with Crippen molar-refractivity contribution < 1.29 is 31.5 Å². The lowest BCUT2D eigenvalue weighted by atomic mass is 10.1. The third-order valence-electron chi connectivity index (χ3n) is 1.87. The van der Waals surface area contributed by atoms with Gasteiger partial charge in [0.15, 0.2) is 5.69 Å². The highest BCUT2D eigenvalue weighted by molar-refractivity contribution is 6.33. The number of pyridine rings is 1. The van der Waals surface area contributed by atoms with Gasteiger partial charge in [-0.3, -0.25) is 0 Å². The minimum absolute atomic E-state index is 0.494. The van der Waals surface area contributed by atoms with Gasteiger partial charge in [0, 0.05) is 0 Å². The molecule has 100 valence electrons. The first kappa shape index (κ1) is 14.6. The van der Waals surface area contributed by atoms with E-state index in [1.54, 1.807) is 0 Å². The maximum absolute atomic E-state index is 12.6. The Hall–Kier alpha value is -1.44. The Balaban J connectivity index is 3.55. The molecule has 1 rings (SSSR count). The molecule has 3 nitrogen and oxygen atoms in total. The summed E-state index contributed by atoms with van der Waals surface area (Å²) >= 11 is 5.38. The molecule has 0 spiro atoms. The van der Waals surface area contributed by atoms with Gasteiger partial charge in [0.2, 0.25) is 0 Å². The van der Waals surface area contributed by atoms with Crippen LogP contribution in [0.2, 0.25) is 5.02 Å². The fourth-order valence-electron chi connectivity index (χ4n) is 1.15. The molecule has 0 aromatic carbocycles. The van der Waals surface area contributed by atoms with E-state index in [4.69, 9.17) is 11.6 Å². The Kier molecular flexibility index (Phi) is 4.10. The van der Waals surface area contributed by atoms with Crippen LogP contribution in [0.15, 0.2) is 6.07 Å². The molecule has 0 amide bonds. The van der Waals surface area contributed by atoms with E-state index in [9.17, 15) is 26.7 Å². The van der Waals surface area contributed by atoms with Crippen LogP contribution < -0.4 is 0 Å². The van der Waals surface area contributed by atoms with Crippen LogP contribution in [0, 0.1) is 0 Å². The van der Waals surface area contributed by atoms with Crippen molar-refractivity contribution in [2.24, 2.45) is 0 Å². The summed E-state index contributed by atoms with van der Waals surface area (Å²) < 4.78 is 66.5. The normalized spacial score (nSPS) is 11.8. The van der Waals surface area contributed by atoms with Gasteiger partial charge in [-0.15, -0.1) is 0 Å². The molecule has 0 saturated heterocycles. The number of aromatic nitrogens is 1. The van der Waals surface area contributed by atoms with Crippen LogP contribution in [-0.4, -0.2) is 18.1 Å². The molecule has 0 unspecified atom stereocenters. The SMILES string of the molecule is COC(=O)c1c(Cl)cc(C(F)F)nc1C(F)(F)F. The van der Waals surface area contributed by atoms with E-state index in [-0.39, 0.29) is 0 Å². The molecule has 1 aromatic heterocycles. The van der Waals surface area contributed by atoms with Gasteiger partial charge in [-0.25, -0.2) is 18.6 Å². The molecular formula is C9H5ClF5NO2. The number of halogens is 6. The van der Waals surface area contributed by atoms with E-state index >= 15 is 0 Å². The number of nitrogens with zero attached hydrogens (tertiary/aromatic N) is 1. The molecule has 1 heterocycles. The second kappa shape index (κ2) is 5.05. The van der Waals surface area contributed by atoms with Gasteiger partial charge >= 0.3 is 12.1 Å². The quantitative estimate of drug-likeness (QED) is 0.618. The van der Waals surface area contributed by atoms with Crippen molar-refractivity contribution in [3.05, 3.63) is 28.0 Å².